The predicted molar refractivity (Wildman–Crippen MR) is 273 cm³/mol. The maximum absolute atomic E-state index is 7.34. The Bertz CT molecular complexity index is 4010. The van der Waals surface area contributed by atoms with E-state index in [1.165, 1.54) is 54.9 Å². The standard InChI is InChI=1S/C63H39NO2/c1-4-19-41(20-5-1)63(42-21-6-2-7-22-42)53-30-16-14-28-48(53)49-33-32-44(39-54(49)63)64(43-23-8-3-9-24-43)55-35-34-50(52-38-40-18-10-11-25-45(40)46-26-12-13-27-47(46)52)60-61-58(66-62(55)60)37-36-57-59(61)51-29-15-17-31-56(51)65-57/h1-39H. The van der Waals surface area contributed by atoms with Crippen molar-refractivity contribution < 1.29 is 8.83 Å². The van der Waals surface area contributed by atoms with Crippen molar-refractivity contribution in [1.82, 2.24) is 0 Å². The van der Waals surface area contributed by atoms with E-state index in [4.69, 9.17) is 8.83 Å². The molecular formula is C63H39NO2. The molecule has 0 fully saturated rings. The highest BCUT2D eigenvalue weighted by Gasteiger charge is 2.46. The van der Waals surface area contributed by atoms with Crippen LogP contribution in [0.25, 0.3) is 87.7 Å². The second-order valence-corrected chi connectivity index (χ2v) is 17.5. The summed E-state index contributed by atoms with van der Waals surface area (Å²) in [6, 6.07) is 85.7. The largest absolute Gasteiger partial charge is 0.456 e. The maximum atomic E-state index is 7.34. The minimum atomic E-state index is -0.559. The third-order valence-electron chi connectivity index (χ3n) is 14.1. The number of para-hydroxylation sites is 2. The molecule has 0 atom stereocenters. The van der Waals surface area contributed by atoms with Crippen molar-refractivity contribution in [2.45, 2.75) is 5.41 Å². The SMILES string of the molecule is c1ccc(N(c2ccc3c(c2)C(c2ccccc2)(c2ccccc2)c2ccccc2-3)c2ccc(-c3cc4ccccc4c4ccccc34)c3c2oc2ccc4oc5ccccc5c4c23)cc1. The van der Waals surface area contributed by atoms with Crippen molar-refractivity contribution in [3.05, 3.63) is 259 Å². The lowest BCUT2D eigenvalue weighted by molar-refractivity contribution is 0.663. The Balaban J connectivity index is 1.10. The highest BCUT2D eigenvalue weighted by Crippen LogP contribution is 2.58. The molecule has 0 unspecified atom stereocenters. The molecule has 0 radical (unpaired) electrons. The van der Waals surface area contributed by atoms with Gasteiger partial charge in [-0.3, -0.25) is 0 Å². The molecule has 3 heteroatoms. The Morgan fingerprint density at radius 3 is 1.68 bits per heavy atom. The molecule has 13 aromatic rings. The van der Waals surface area contributed by atoms with Crippen molar-refractivity contribution in [3.63, 3.8) is 0 Å². The number of hydrogen-bond acceptors (Lipinski definition) is 3. The molecule has 14 rings (SSSR count). The number of benzene rings is 11. The van der Waals surface area contributed by atoms with Crippen LogP contribution < -0.4 is 4.90 Å². The Morgan fingerprint density at radius 2 is 0.909 bits per heavy atom. The van der Waals surface area contributed by atoms with Crippen LogP contribution in [0.5, 0.6) is 0 Å². The van der Waals surface area contributed by atoms with Crippen molar-refractivity contribution in [3.8, 4) is 22.3 Å². The normalized spacial score (nSPS) is 13.0. The van der Waals surface area contributed by atoms with Crippen molar-refractivity contribution >= 4 is 82.5 Å². The van der Waals surface area contributed by atoms with Crippen LogP contribution in [0.15, 0.2) is 245 Å². The number of furan rings is 2. The number of anilines is 3. The van der Waals surface area contributed by atoms with Gasteiger partial charge in [-0.25, -0.2) is 0 Å². The third-order valence-corrected chi connectivity index (χ3v) is 14.1. The van der Waals surface area contributed by atoms with Crippen molar-refractivity contribution in [2.24, 2.45) is 0 Å². The van der Waals surface area contributed by atoms with E-state index in [1.54, 1.807) is 0 Å². The van der Waals surface area contributed by atoms with Gasteiger partial charge in [-0.2, -0.15) is 0 Å². The van der Waals surface area contributed by atoms with Crippen LogP contribution in [-0.2, 0) is 5.41 Å². The molecule has 0 amide bonds. The molecule has 2 heterocycles. The molecule has 0 spiro atoms. The summed E-state index contributed by atoms with van der Waals surface area (Å²) in [6.45, 7) is 0. The average Bonchev–Trinajstić information content (AvgIpc) is 4.06. The molecule has 0 saturated carbocycles. The van der Waals surface area contributed by atoms with Crippen LogP contribution in [0.2, 0.25) is 0 Å². The van der Waals surface area contributed by atoms with Crippen LogP contribution in [0.1, 0.15) is 22.3 Å². The first kappa shape index (κ1) is 36.8. The fourth-order valence-corrected chi connectivity index (χ4v) is 11.4. The van der Waals surface area contributed by atoms with Crippen LogP contribution >= 0.6 is 0 Å². The van der Waals surface area contributed by atoms with Gasteiger partial charge in [0, 0.05) is 32.9 Å². The van der Waals surface area contributed by atoms with Gasteiger partial charge in [0.2, 0.25) is 0 Å². The lowest BCUT2D eigenvalue weighted by Gasteiger charge is -2.35. The summed E-state index contributed by atoms with van der Waals surface area (Å²) in [5.41, 5.74) is 15.5. The van der Waals surface area contributed by atoms with Crippen molar-refractivity contribution in [1.29, 1.82) is 0 Å². The summed E-state index contributed by atoms with van der Waals surface area (Å²) in [5, 5.41) is 9.07. The molecule has 1 aliphatic rings. The first-order chi connectivity index (χ1) is 32.8. The number of nitrogens with zero attached hydrogens (tertiary/aromatic N) is 1. The van der Waals surface area contributed by atoms with Crippen molar-refractivity contribution in [2.75, 3.05) is 4.90 Å². The smallest absolute Gasteiger partial charge is 0.160 e. The predicted octanol–water partition coefficient (Wildman–Crippen LogP) is 17.3. The molecule has 0 N–H and O–H groups in total. The minimum Gasteiger partial charge on any atom is -0.456 e. The molecule has 0 saturated heterocycles. The van der Waals surface area contributed by atoms with E-state index in [2.05, 4.69) is 235 Å². The zero-order chi connectivity index (χ0) is 43.3. The molecule has 3 nitrogen and oxygen atoms in total. The Morgan fingerprint density at radius 1 is 0.318 bits per heavy atom. The zero-order valence-electron chi connectivity index (χ0n) is 35.8. The molecule has 2 aromatic heterocycles. The summed E-state index contributed by atoms with van der Waals surface area (Å²) in [6.07, 6.45) is 0. The van der Waals surface area contributed by atoms with E-state index in [1.807, 2.05) is 6.07 Å². The lowest BCUT2D eigenvalue weighted by Crippen LogP contribution is -2.28. The quantitative estimate of drug-likeness (QED) is 0.156. The molecular weight excluding hydrogens is 803 g/mol. The second kappa shape index (κ2) is 14.2. The zero-order valence-corrected chi connectivity index (χ0v) is 35.8. The van der Waals surface area contributed by atoms with E-state index in [9.17, 15) is 0 Å². The van der Waals surface area contributed by atoms with E-state index >= 15 is 0 Å². The Labute approximate surface area is 381 Å². The van der Waals surface area contributed by atoms with Gasteiger partial charge in [0.15, 0.2) is 5.58 Å². The molecule has 1 aliphatic carbocycles. The summed E-state index contributed by atoms with van der Waals surface area (Å²) < 4.78 is 13.9. The van der Waals surface area contributed by atoms with Gasteiger partial charge >= 0.3 is 0 Å². The van der Waals surface area contributed by atoms with Gasteiger partial charge in [0.1, 0.15) is 16.7 Å². The fraction of sp³-hybridized carbons (Fsp3) is 0.0159. The topological polar surface area (TPSA) is 29.5 Å². The molecule has 308 valence electrons. The van der Waals surface area contributed by atoms with Crippen LogP contribution in [0, 0.1) is 0 Å². The number of hydrogen-bond donors (Lipinski definition) is 0. The van der Waals surface area contributed by atoms with Gasteiger partial charge in [-0.05, 0) is 121 Å². The summed E-state index contributed by atoms with van der Waals surface area (Å²) >= 11 is 0. The summed E-state index contributed by atoms with van der Waals surface area (Å²) in [5.74, 6) is 0. The van der Waals surface area contributed by atoms with Gasteiger partial charge in [-0.15, -0.1) is 0 Å². The molecule has 0 aliphatic heterocycles. The van der Waals surface area contributed by atoms with Crippen LogP contribution in [0.3, 0.4) is 0 Å². The minimum absolute atomic E-state index is 0.559. The Kier molecular flexibility index (Phi) is 7.90. The van der Waals surface area contributed by atoms with E-state index in [-0.39, 0.29) is 0 Å². The number of fused-ring (bicyclic) bond motifs is 13. The Hall–Kier alpha value is -8.66. The van der Waals surface area contributed by atoms with E-state index in [0.717, 1.165) is 72.1 Å². The summed E-state index contributed by atoms with van der Waals surface area (Å²) in [4.78, 5) is 2.39. The van der Waals surface area contributed by atoms with Crippen LogP contribution in [0.4, 0.5) is 17.1 Å². The van der Waals surface area contributed by atoms with Gasteiger partial charge in [0.25, 0.3) is 0 Å². The lowest BCUT2D eigenvalue weighted by atomic mass is 9.67. The first-order valence-electron chi connectivity index (χ1n) is 22.7. The van der Waals surface area contributed by atoms with Crippen LogP contribution in [-0.4, -0.2) is 0 Å². The van der Waals surface area contributed by atoms with Gasteiger partial charge in [0.05, 0.1) is 11.1 Å². The first-order valence-corrected chi connectivity index (χ1v) is 22.7. The van der Waals surface area contributed by atoms with E-state index < -0.39 is 5.41 Å². The second-order valence-electron chi connectivity index (χ2n) is 17.5. The molecule has 66 heavy (non-hydrogen) atoms. The monoisotopic (exact) mass is 841 g/mol. The van der Waals surface area contributed by atoms with Gasteiger partial charge < -0.3 is 13.7 Å². The number of rotatable bonds is 6. The maximum Gasteiger partial charge on any atom is 0.160 e. The van der Waals surface area contributed by atoms with Gasteiger partial charge in [-0.1, -0.05) is 182 Å². The molecule has 0 bridgehead atoms. The highest BCUT2D eigenvalue weighted by molar-refractivity contribution is 6.31. The fourth-order valence-electron chi connectivity index (χ4n) is 11.4. The third kappa shape index (κ3) is 5.14. The van der Waals surface area contributed by atoms with E-state index in [0.29, 0.717) is 0 Å². The summed E-state index contributed by atoms with van der Waals surface area (Å²) in [7, 11) is 0. The highest BCUT2D eigenvalue weighted by atomic mass is 16.3. The average molecular weight is 842 g/mol. The molecule has 11 aromatic carbocycles.